The molecule has 35 heavy (non-hydrogen) atoms. The fourth-order valence-corrected chi connectivity index (χ4v) is 3.73. The van der Waals surface area contributed by atoms with Crippen molar-refractivity contribution in [2.24, 2.45) is 0 Å². The molecule has 1 aliphatic heterocycles. The number of pyridine rings is 1. The first-order chi connectivity index (χ1) is 17.1. The molecule has 4 rings (SSSR count). The Labute approximate surface area is 203 Å². The molecule has 180 valence electrons. The van der Waals surface area contributed by atoms with E-state index in [2.05, 4.69) is 26.2 Å². The first kappa shape index (κ1) is 24.0. The second-order valence-corrected chi connectivity index (χ2v) is 8.14. The Morgan fingerprint density at radius 1 is 1.06 bits per heavy atom. The molecule has 0 spiro atoms. The molecule has 1 aliphatic rings. The van der Waals surface area contributed by atoms with Gasteiger partial charge in [-0.05, 0) is 60.7 Å². The maximum atomic E-state index is 12.6. The summed E-state index contributed by atoms with van der Waals surface area (Å²) >= 11 is 0. The number of aromatic nitrogens is 1. The standard InChI is InChI=1S/C26H26FN5O3/c27-15-23(33)18-35-24-8-2-20(3-9-24)26(34)30-21-4-6-22(7-5-21)31-11-13-32(14-12-31)25-10-1-19(16-28)17-29-25/h1-10,17,23,33H,11-15,18H2,(H,30,34)/t23-/m0/s1. The van der Waals surface area contributed by atoms with Crippen LogP contribution in [-0.4, -0.2) is 61.6 Å². The van der Waals surface area contributed by atoms with Gasteiger partial charge < -0.3 is 25.0 Å². The number of nitrogens with zero attached hydrogens (tertiary/aromatic N) is 4. The third-order valence-electron chi connectivity index (χ3n) is 5.71. The predicted molar refractivity (Wildman–Crippen MR) is 132 cm³/mol. The smallest absolute Gasteiger partial charge is 0.255 e. The lowest BCUT2D eigenvalue weighted by Gasteiger charge is -2.36. The van der Waals surface area contributed by atoms with Gasteiger partial charge in [-0.25, -0.2) is 9.37 Å². The molecule has 1 amide bonds. The zero-order valence-electron chi connectivity index (χ0n) is 19.1. The topological polar surface area (TPSA) is 102 Å². The van der Waals surface area contributed by atoms with Gasteiger partial charge in [-0.2, -0.15) is 5.26 Å². The Bertz CT molecular complexity index is 1160. The molecule has 9 heteroatoms. The van der Waals surface area contributed by atoms with Crippen LogP contribution in [0.25, 0.3) is 0 Å². The van der Waals surface area contributed by atoms with Crippen LogP contribution in [0.15, 0.2) is 66.9 Å². The van der Waals surface area contributed by atoms with Crippen LogP contribution in [0.1, 0.15) is 15.9 Å². The van der Waals surface area contributed by atoms with Crippen molar-refractivity contribution in [2.75, 3.05) is 54.6 Å². The number of halogens is 1. The number of alkyl halides is 1. The Kier molecular flexibility index (Phi) is 7.75. The van der Waals surface area contributed by atoms with Gasteiger partial charge in [0.2, 0.25) is 0 Å². The molecule has 1 atom stereocenters. The summed E-state index contributed by atoms with van der Waals surface area (Å²) < 4.78 is 17.6. The van der Waals surface area contributed by atoms with Crippen LogP contribution >= 0.6 is 0 Å². The van der Waals surface area contributed by atoms with Crippen molar-refractivity contribution in [2.45, 2.75) is 6.10 Å². The van der Waals surface area contributed by atoms with Gasteiger partial charge in [0.1, 0.15) is 37.0 Å². The molecule has 0 unspecified atom stereocenters. The van der Waals surface area contributed by atoms with E-state index < -0.39 is 12.8 Å². The molecule has 2 aromatic carbocycles. The third-order valence-corrected chi connectivity index (χ3v) is 5.71. The van der Waals surface area contributed by atoms with E-state index in [0.29, 0.717) is 22.6 Å². The van der Waals surface area contributed by atoms with E-state index in [9.17, 15) is 14.3 Å². The van der Waals surface area contributed by atoms with Gasteiger partial charge in [-0.3, -0.25) is 4.79 Å². The van der Waals surface area contributed by atoms with Gasteiger partial charge in [0, 0.05) is 49.3 Å². The van der Waals surface area contributed by atoms with Crippen molar-refractivity contribution < 1.29 is 19.0 Å². The Balaban J connectivity index is 1.28. The zero-order valence-corrected chi connectivity index (χ0v) is 19.1. The number of nitriles is 1. The van der Waals surface area contributed by atoms with Crippen molar-refractivity contribution >= 4 is 23.1 Å². The lowest BCUT2D eigenvalue weighted by atomic mass is 10.2. The highest BCUT2D eigenvalue weighted by molar-refractivity contribution is 6.04. The first-order valence-corrected chi connectivity index (χ1v) is 11.3. The number of rotatable bonds is 8. The van der Waals surface area contributed by atoms with Gasteiger partial charge in [0.25, 0.3) is 5.91 Å². The van der Waals surface area contributed by atoms with E-state index in [-0.39, 0.29) is 12.5 Å². The fourth-order valence-electron chi connectivity index (χ4n) is 3.73. The van der Waals surface area contributed by atoms with Crippen LogP contribution < -0.4 is 19.9 Å². The monoisotopic (exact) mass is 475 g/mol. The van der Waals surface area contributed by atoms with Gasteiger partial charge in [0.05, 0.1) is 5.56 Å². The van der Waals surface area contributed by atoms with Crippen LogP contribution in [0, 0.1) is 11.3 Å². The number of amides is 1. The molecular formula is C26H26FN5O3. The van der Waals surface area contributed by atoms with Crippen LogP contribution in [0.2, 0.25) is 0 Å². The van der Waals surface area contributed by atoms with Crippen LogP contribution in [0.3, 0.4) is 0 Å². The number of carbonyl (C=O) groups excluding carboxylic acids is 1. The highest BCUT2D eigenvalue weighted by Crippen LogP contribution is 2.22. The largest absolute Gasteiger partial charge is 0.491 e. The van der Waals surface area contributed by atoms with Crippen molar-refractivity contribution in [3.8, 4) is 11.8 Å². The molecule has 2 N–H and O–H groups in total. The summed E-state index contributed by atoms with van der Waals surface area (Å²) in [4.78, 5) is 21.4. The minimum atomic E-state index is -1.16. The highest BCUT2D eigenvalue weighted by atomic mass is 19.1. The van der Waals surface area contributed by atoms with E-state index >= 15 is 0 Å². The SMILES string of the molecule is N#Cc1ccc(N2CCN(c3ccc(NC(=O)c4ccc(OC[C@@H](O)CF)cc4)cc3)CC2)nc1. The molecule has 3 aromatic rings. The normalized spacial score (nSPS) is 14.2. The number of hydrogen-bond acceptors (Lipinski definition) is 7. The van der Waals surface area contributed by atoms with E-state index in [4.69, 9.17) is 10.00 Å². The molecule has 2 heterocycles. The second-order valence-electron chi connectivity index (χ2n) is 8.14. The maximum absolute atomic E-state index is 12.6. The van der Waals surface area contributed by atoms with Crippen molar-refractivity contribution in [3.63, 3.8) is 0 Å². The molecule has 1 aromatic heterocycles. The molecule has 8 nitrogen and oxygen atoms in total. The minimum absolute atomic E-state index is 0.143. The van der Waals surface area contributed by atoms with Gasteiger partial charge >= 0.3 is 0 Å². The predicted octanol–water partition coefficient (Wildman–Crippen LogP) is 3.24. The lowest BCUT2D eigenvalue weighted by molar-refractivity contribution is 0.0841. The molecule has 1 saturated heterocycles. The number of nitrogens with one attached hydrogen (secondary N) is 1. The molecule has 0 radical (unpaired) electrons. The minimum Gasteiger partial charge on any atom is -0.491 e. The summed E-state index contributed by atoms with van der Waals surface area (Å²) in [6, 6.07) is 19.9. The Morgan fingerprint density at radius 2 is 1.74 bits per heavy atom. The molecule has 0 aliphatic carbocycles. The van der Waals surface area contributed by atoms with Crippen LogP contribution in [0.4, 0.5) is 21.6 Å². The first-order valence-electron chi connectivity index (χ1n) is 11.3. The number of anilines is 3. The van der Waals surface area contributed by atoms with Gasteiger partial charge in [-0.15, -0.1) is 0 Å². The molecule has 0 bridgehead atoms. The Hall–Kier alpha value is -4.16. The molecular weight excluding hydrogens is 449 g/mol. The number of carbonyl (C=O) groups is 1. The zero-order chi connectivity index (χ0) is 24.6. The number of ether oxygens (including phenoxy) is 1. The van der Waals surface area contributed by atoms with Crippen molar-refractivity contribution in [3.05, 3.63) is 78.0 Å². The van der Waals surface area contributed by atoms with Crippen molar-refractivity contribution in [1.82, 2.24) is 4.98 Å². The van der Waals surface area contributed by atoms with Crippen molar-refractivity contribution in [1.29, 1.82) is 5.26 Å². The summed E-state index contributed by atoms with van der Waals surface area (Å²) in [7, 11) is 0. The van der Waals surface area contributed by atoms with Crippen LogP contribution in [-0.2, 0) is 0 Å². The summed E-state index contributed by atoms with van der Waals surface area (Å²) in [5.74, 6) is 1.07. The summed E-state index contributed by atoms with van der Waals surface area (Å²) in [5, 5.41) is 21.0. The number of benzene rings is 2. The summed E-state index contributed by atoms with van der Waals surface area (Å²) in [6.07, 6.45) is 0.432. The van der Waals surface area contributed by atoms with E-state index in [1.54, 1.807) is 36.5 Å². The van der Waals surface area contributed by atoms with E-state index in [0.717, 1.165) is 37.7 Å². The van der Waals surface area contributed by atoms with E-state index in [1.165, 1.54) is 0 Å². The highest BCUT2D eigenvalue weighted by Gasteiger charge is 2.18. The number of piperazine rings is 1. The number of aliphatic hydroxyl groups is 1. The second kappa shape index (κ2) is 11.3. The van der Waals surface area contributed by atoms with Gasteiger partial charge in [0.15, 0.2) is 0 Å². The third kappa shape index (κ3) is 6.25. The number of hydrogen-bond donors (Lipinski definition) is 2. The fraction of sp³-hybridized carbons (Fsp3) is 0.269. The Morgan fingerprint density at radius 3 is 2.34 bits per heavy atom. The summed E-state index contributed by atoms with van der Waals surface area (Å²) in [6.45, 7) is 2.31. The van der Waals surface area contributed by atoms with Crippen LogP contribution in [0.5, 0.6) is 5.75 Å². The lowest BCUT2D eigenvalue weighted by Crippen LogP contribution is -2.46. The van der Waals surface area contributed by atoms with E-state index in [1.807, 2.05) is 30.3 Å². The maximum Gasteiger partial charge on any atom is 0.255 e. The quantitative estimate of drug-likeness (QED) is 0.516. The average molecular weight is 476 g/mol. The van der Waals surface area contributed by atoms with Gasteiger partial charge in [-0.1, -0.05) is 0 Å². The summed E-state index contributed by atoms with van der Waals surface area (Å²) in [5.41, 5.74) is 2.77. The molecule has 0 saturated carbocycles. The molecule has 1 fully saturated rings. The average Bonchev–Trinajstić information content (AvgIpc) is 2.92. The number of aliphatic hydroxyl groups excluding tert-OH is 1.